The fourth-order valence-electron chi connectivity index (χ4n) is 3.33. The van der Waals surface area contributed by atoms with Gasteiger partial charge in [-0.15, -0.1) is 0 Å². The molecule has 10 heteroatoms. The maximum absolute atomic E-state index is 14.4. The molecular weight excluding hydrogens is 438 g/mol. The van der Waals surface area contributed by atoms with Crippen LogP contribution >= 0.6 is 0 Å². The van der Waals surface area contributed by atoms with E-state index in [1.165, 1.54) is 12.1 Å². The molecule has 0 fully saturated rings. The van der Waals surface area contributed by atoms with Crippen LogP contribution in [0.25, 0.3) is 33.5 Å². The molecule has 4 rings (SSSR count). The first-order chi connectivity index (χ1) is 14.9. The van der Waals surface area contributed by atoms with Gasteiger partial charge in [0.1, 0.15) is 17.5 Å². The zero-order chi connectivity index (χ0) is 23.6. The molecule has 0 atom stereocenters. The summed E-state index contributed by atoms with van der Waals surface area (Å²) in [6, 6.07) is 9.45. The zero-order valence-electron chi connectivity index (χ0n) is 18.1. The summed E-state index contributed by atoms with van der Waals surface area (Å²) < 4.78 is 55.6. The minimum Gasteiger partial charge on any atom is -0.342 e. The highest BCUT2D eigenvalue weighted by Crippen LogP contribution is 2.33. The van der Waals surface area contributed by atoms with Crippen LogP contribution in [0.4, 0.5) is 8.78 Å². The highest BCUT2D eigenvalue weighted by molar-refractivity contribution is 7.85. The number of aromatic amines is 1. The van der Waals surface area contributed by atoms with E-state index >= 15 is 0 Å². The average Bonchev–Trinajstić information content (AvgIpc) is 3.23. The summed E-state index contributed by atoms with van der Waals surface area (Å²) in [4.78, 5) is 12.1. The summed E-state index contributed by atoms with van der Waals surface area (Å²) in [6.45, 7) is 6.99. The Hall–Kier alpha value is -3.11. The molecule has 170 valence electrons. The summed E-state index contributed by atoms with van der Waals surface area (Å²) in [7, 11) is -3.67. The van der Waals surface area contributed by atoms with E-state index in [9.17, 15) is 17.2 Å². The summed E-state index contributed by atoms with van der Waals surface area (Å²) in [6.07, 6.45) is 2.55. The number of rotatable bonds is 4. The Morgan fingerprint density at radius 1 is 1.16 bits per heavy atom. The third-order valence-corrected chi connectivity index (χ3v) is 4.48. The van der Waals surface area contributed by atoms with Crippen molar-refractivity contribution in [1.29, 1.82) is 0 Å². The lowest BCUT2D eigenvalue weighted by Gasteiger charge is -2.09. The van der Waals surface area contributed by atoms with Crippen molar-refractivity contribution >= 4 is 21.2 Å². The van der Waals surface area contributed by atoms with Crippen LogP contribution in [0.3, 0.4) is 0 Å². The van der Waals surface area contributed by atoms with E-state index in [-0.39, 0.29) is 0 Å². The first-order valence-electron chi connectivity index (χ1n) is 9.82. The molecule has 7 nitrogen and oxygen atoms in total. The molecule has 2 N–H and O–H groups in total. The SMILES string of the molecule is CS(=O)(=O)O.Cc1nc(-c2ccc3ncn(CC(C)C)c3c2)c(-c2ccc(F)cc2F)[nH]1. The largest absolute Gasteiger partial charge is 0.342 e. The molecule has 0 unspecified atom stereocenters. The van der Waals surface area contributed by atoms with Gasteiger partial charge in [0.05, 0.1) is 35.0 Å². The van der Waals surface area contributed by atoms with Crippen LogP contribution in [0.5, 0.6) is 0 Å². The second kappa shape index (κ2) is 9.17. The van der Waals surface area contributed by atoms with E-state index in [1.807, 2.05) is 31.5 Å². The number of benzene rings is 2. The molecular formula is C22H24F2N4O3S. The predicted molar refractivity (Wildman–Crippen MR) is 120 cm³/mol. The van der Waals surface area contributed by atoms with Crippen LogP contribution in [-0.2, 0) is 16.7 Å². The van der Waals surface area contributed by atoms with Crippen LogP contribution in [0.2, 0.25) is 0 Å². The number of hydrogen-bond acceptors (Lipinski definition) is 4. The highest BCUT2D eigenvalue weighted by Gasteiger charge is 2.17. The second-order valence-corrected chi connectivity index (χ2v) is 9.36. The van der Waals surface area contributed by atoms with Crippen molar-refractivity contribution in [2.24, 2.45) is 5.92 Å². The molecule has 0 spiro atoms. The van der Waals surface area contributed by atoms with Gasteiger partial charge < -0.3 is 9.55 Å². The van der Waals surface area contributed by atoms with Crippen molar-refractivity contribution in [1.82, 2.24) is 19.5 Å². The topological polar surface area (TPSA) is 101 Å². The third-order valence-electron chi connectivity index (χ3n) is 4.48. The molecule has 32 heavy (non-hydrogen) atoms. The van der Waals surface area contributed by atoms with E-state index < -0.39 is 21.8 Å². The van der Waals surface area contributed by atoms with Crippen molar-refractivity contribution in [2.45, 2.75) is 27.3 Å². The fraction of sp³-hybridized carbons (Fsp3) is 0.273. The fourth-order valence-corrected chi connectivity index (χ4v) is 3.33. The smallest absolute Gasteiger partial charge is 0.261 e. The normalized spacial score (nSPS) is 11.6. The maximum atomic E-state index is 14.4. The number of fused-ring (bicyclic) bond motifs is 1. The Bertz CT molecular complexity index is 1350. The Kier molecular flexibility index (Phi) is 6.75. The van der Waals surface area contributed by atoms with E-state index in [0.29, 0.717) is 34.9 Å². The standard InChI is InChI=1S/C21H20F2N4.CH4O3S/c1-12(2)10-27-11-24-18-7-4-14(8-19(18)27)20-21(26-13(3)25-20)16-6-5-15(22)9-17(16)23;1-5(2,3)4/h4-9,11-12H,10H2,1-3H3,(H,25,26);1H3,(H,2,3,4). The van der Waals surface area contributed by atoms with Gasteiger partial charge in [-0.25, -0.2) is 18.7 Å². The summed E-state index contributed by atoms with van der Waals surface area (Å²) in [5.41, 5.74) is 4.24. The minimum absolute atomic E-state index is 0.294. The van der Waals surface area contributed by atoms with Crippen molar-refractivity contribution in [2.75, 3.05) is 6.26 Å². The molecule has 0 aliphatic carbocycles. The Labute approximate surface area is 184 Å². The number of aryl methyl sites for hydroxylation is 1. The molecule has 2 heterocycles. The van der Waals surface area contributed by atoms with Gasteiger partial charge >= 0.3 is 0 Å². The van der Waals surface area contributed by atoms with Crippen molar-refractivity contribution < 1.29 is 21.8 Å². The number of halogens is 2. The number of imidazole rings is 2. The monoisotopic (exact) mass is 462 g/mol. The molecule has 0 saturated carbocycles. The average molecular weight is 463 g/mol. The Balaban J connectivity index is 0.000000523. The molecule has 0 aliphatic rings. The maximum Gasteiger partial charge on any atom is 0.261 e. The van der Waals surface area contributed by atoms with Crippen LogP contribution in [0, 0.1) is 24.5 Å². The Morgan fingerprint density at radius 2 is 1.84 bits per heavy atom. The molecule has 4 aromatic rings. The first kappa shape index (κ1) is 23.6. The second-order valence-electron chi connectivity index (χ2n) is 7.90. The lowest BCUT2D eigenvalue weighted by Crippen LogP contribution is -2.02. The predicted octanol–water partition coefficient (Wildman–Crippen LogP) is 4.84. The summed E-state index contributed by atoms with van der Waals surface area (Å²) in [5, 5.41) is 0. The molecule has 2 aromatic carbocycles. The van der Waals surface area contributed by atoms with Crippen LogP contribution < -0.4 is 0 Å². The van der Waals surface area contributed by atoms with E-state index in [1.54, 1.807) is 0 Å². The van der Waals surface area contributed by atoms with Crippen LogP contribution in [0.1, 0.15) is 19.7 Å². The molecule has 0 amide bonds. The van der Waals surface area contributed by atoms with E-state index in [4.69, 9.17) is 4.55 Å². The van der Waals surface area contributed by atoms with Gasteiger partial charge in [0, 0.05) is 23.7 Å². The van der Waals surface area contributed by atoms with Gasteiger partial charge in [0.25, 0.3) is 10.1 Å². The first-order valence-corrected chi connectivity index (χ1v) is 11.7. The molecule has 0 saturated heterocycles. The summed E-state index contributed by atoms with van der Waals surface area (Å²) >= 11 is 0. The quantitative estimate of drug-likeness (QED) is 0.423. The van der Waals surface area contributed by atoms with E-state index in [2.05, 4.69) is 33.4 Å². The number of nitrogens with one attached hydrogen (secondary N) is 1. The lowest BCUT2D eigenvalue weighted by molar-refractivity contribution is 0.490. The van der Waals surface area contributed by atoms with Gasteiger partial charge in [-0.3, -0.25) is 4.55 Å². The van der Waals surface area contributed by atoms with Gasteiger partial charge in [0.15, 0.2) is 0 Å². The van der Waals surface area contributed by atoms with Gasteiger partial charge in [-0.05, 0) is 37.1 Å². The lowest BCUT2D eigenvalue weighted by atomic mass is 10.0. The van der Waals surface area contributed by atoms with Crippen molar-refractivity contribution in [3.8, 4) is 22.5 Å². The Morgan fingerprint density at radius 3 is 2.47 bits per heavy atom. The van der Waals surface area contributed by atoms with Crippen molar-refractivity contribution in [3.05, 3.63) is 60.2 Å². The number of nitrogens with zero attached hydrogens (tertiary/aromatic N) is 3. The molecule has 0 bridgehead atoms. The highest BCUT2D eigenvalue weighted by atomic mass is 32.2. The molecule has 0 radical (unpaired) electrons. The molecule has 0 aliphatic heterocycles. The number of hydrogen-bond donors (Lipinski definition) is 2. The van der Waals surface area contributed by atoms with Crippen LogP contribution in [-0.4, -0.2) is 38.7 Å². The minimum atomic E-state index is -3.67. The number of aromatic nitrogens is 4. The summed E-state index contributed by atoms with van der Waals surface area (Å²) in [5.74, 6) is -0.0686. The van der Waals surface area contributed by atoms with Gasteiger partial charge in [0.2, 0.25) is 0 Å². The molecule has 2 aromatic heterocycles. The van der Waals surface area contributed by atoms with Gasteiger partial charge in [-0.2, -0.15) is 8.42 Å². The number of H-pyrrole nitrogens is 1. The van der Waals surface area contributed by atoms with E-state index in [0.717, 1.165) is 29.2 Å². The third kappa shape index (κ3) is 5.77. The zero-order valence-corrected chi connectivity index (χ0v) is 18.9. The van der Waals surface area contributed by atoms with Gasteiger partial charge in [-0.1, -0.05) is 19.9 Å². The van der Waals surface area contributed by atoms with Crippen molar-refractivity contribution in [3.63, 3.8) is 0 Å². The van der Waals surface area contributed by atoms with Crippen LogP contribution in [0.15, 0.2) is 42.7 Å².